The van der Waals surface area contributed by atoms with Crippen LogP contribution in [0.25, 0.3) is 22.1 Å². The van der Waals surface area contributed by atoms with Gasteiger partial charge in [-0.3, -0.25) is 0 Å². The third kappa shape index (κ3) is 3.75. The molecule has 0 bridgehead atoms. The van der Waals surface area contributed by atoms with Gasteiger partial charge in [0.15, 0.2) is 11.4 Å². The Bertz CT molecular complexity index is 1170. The van der Waals surface area contributed by atoms with Gasteiger partial charge in [0.25, 0.3) is 5.88 Å². The summed E-state index contributed by atoms with van der Waals surface area (Å²) in [7, 11) is 0. The normalized spacial score (nSPS) is 11.8. The molecule has 148 valence electrons. The Labute approximate surface area is 162 Å². The monoisotopic (exact) mass is 403 g/mol. The minimum atomic E-state index is -4.62. The Morgan fingerprint density at radius 3 is 2.48 bits per heavy atom. The topological polar surface area (TPSA) is 61.0 Å². The molecule has 2 aromatic carbocycles. The largest absolute Gasteiger partial charge is 0.467 e. The summed E-state index contributed by atoms with van der Waals surface area (Å²) < 4.78 is 63.7. The highest BCUT2D eigenvalue weighted by molar-refractivity contribution is 5.89. The van der Waals surface area contributed by atoms with Crippen molar-refractivity contribution < 1.29 is 26.8 Å². The van der Waals surface area contributed by atoms with Gasteiger partial charge in [-0.1, -0.05) is 6.07 Å². The zero-order chi connectivity index (χ0) is 20.6. The van der Waals surface area contributed by atoms with Gasteiger partial charge in [0, 0.05) is 18.0 Å². The number of halogens is 4. The summed E-state index contributed by atoms with van der Waals surface area (Å²) >= 11 is 0. The number of hydrogen-bond donors (Lipinski definition) is 0. The van der Waals surface area contributed by atoms with E-state index in [2.05, 4.69) is 15.1 Å². The molecule has 2 heterocycles. The number of benzene rings is 2. The molecular formula is C20H13F4N3O2. The van der Waals surface area contributed by atoms with Gasteiger partial charge < -0.3 is 9.26 Å². The molecule has 0 saturated heterocycles. The maximum absolute atomic E-state index is 14.5. The highest BCUT2D eigenvalue weighted by Gasteiger charge is 2.31. The molecule has 5 nitrogen and oxygen atoms in total. The minimum absolute atomic E-state index is 0.0379. The van der Waals surface area contributed by atoms with E-state index in [1.165, 1.54) is 0 Å². The Balaban J connectivity index is 1.71. The van der Waals surface area contributed by atoms with E-state index in [4.69, 9.17) is 9.26 Å². The van der Waals surface area contributed by atoms with Crippen molar-refractivity contribution in [1.82, 2.24) is 15.1 Å². The molecule has 0 aliphatic heterocycles. The van der Waals surface area contributed by atoms with Crippen LogP contribution in [0.1, 0.15) is 17.0 Å². The second kappa shape index (κ2) is 7.16. The molecule has 0 amide bonds. The van der Waals surface area contributed by atoms with Crippen LogP contribution in [0.2, 0.25) is 0 Å². The van der Waals surface area contributed by atoms with Crippen LogP contribution in [0.5, 0.6) is 5.88 Å². The smallest absolute Gasteiger partial charge is 0.416 e. The molecule has 0 atom stereocenters. The maximum atomic E-state index is 14.5. The van der Waals surface area contributed by atoms with Gasteiger partial charge in [0.1, 0.15) is 12.4 Å². The van der Waals surface area contributed by atoms with Crippen LogP contribution in [0, 0.1) is 12.7 Å². The number of nitrogens with zero attached hydrogens (tertiary/aromatic N) is 3. The highest BCUT2D eigenvalue weighted by atomic mass is 19.4. The van der Waals surface area contributed by atoms with Crippen LogP contribution in [-0.2, 0) is 12.8 Å². The number of ether oxygens (including phenoxy) is 1. The van der Waals surface area contributed by atoms with E-state index in [9.17, 15) is 17.6 Å². The Morgan fingerprint density at radius 2 is 1.79 bits per heavy atom. The molecule has 4 aromatic rings. The number of alkyl halides is 3. The SMILES string of the molecule is Cc1cc2onc(OCc3ncccn3)c2cc1-c1ccc(C(F)(F)F)cc1F. The summed E-state index contributed by atoms with van der Waals surface area (Å²) in [4.78, 5) is 8.08. The summed E-state index contributed by atoms with van der Waals surface area (Å²) in [5.74, 6) is -0.385. The molecule has 9 heteroatoms. The zero-order valence-corrected chi connectivity index (χ0v) is 15.0. The number of rotatable bonds is 4. The first-order chi connectivity index (χ1) is 13.8. The van der Waals surface area contributed by atoms with Crippen molar-refractivity contribution in [2.75, 3.05) is 0 Å². The van der Waals surface area contributed by atoms with E-state index in [1.807, 2.05) is 0 Å². The summed E-state index contributed by atoms with van der Waals surface area (Å²) in [6.45, 7) is 1.74. The van der Waals surface area contributed by atoms with Crippen molar-refractivity contribution in [2.45, 2.75) is 19.7 Å². The number of fused-ring (bicyclic) bond motifs is 1. The molecule has 0 N–H and O–H groups in total. The lowest BCUT2D eigenvalue weighted by Crippen LogP contribution is -2.05. The van der Waals surface area contributed by atoms with Crippen molar-refractivity contribution in [2.24, 2.45) is 0 Å². The molecule has 0 saturated carbocycles. The molecular weight excluding hydrogens is 390 g/mol. The van der Waals surface area contributed by atoms with Gasteiger partial charge >= 0.3 is 6.18 Å². The van der Waals surface area contributed by atoms with Gasteiger partial charge in [0.05, 0.1) is 10.9 Å². The maximum Gasteiger partial charge on any atom is 0.416 e. The Hall–Kier alpha value is -3.49. The van der Waals surface area contributed by atoms with Crippen LogP contribution in [-0.4, -0.2) is 15.1 Å². The second-order valence-corrected chi connectivity index (χ2v) is 6.30. The minimum Gasteiger partial charge on any atom is -0.467 e. The Kier molecular flexibility index (Phi) is 4.65. The molecule has 0 aliphatic carbocycles. The van der Waals surface area contributed by atoms with Crippen molar-refractivity contribution in [1.29, 1.82) is 0 Å². The highest BCUT2D eigenvalue weighted by Crippen LogP contribution is 2.36. The predicted molar refractivity (Wildman–Crippen MR) is 95.5 cm³/mol. The summed E-state index contributed by atoms with van der Waals surface area (Å²) in [6.07, 6.45) is -1.48. The fourth-order valence-electron chi connectivity index (χ4n) is 2.91. The fourth-order valence-corrected chi connectivity index (χ4v) is 2.91. The quantitative estimate of drug-likeness (QED) is 0.431. The summed E-state index contributed by atoms with van der Waals surface area (Å²) in [5.41, 5.74) is 0.422. The molecule has 2 aromatic heterocycles. The van der Waals surface area contributed by atoms with Gasteiger partial charge in [-0.2, -0.15) is 13.2 Å². The third-order valence-electron chi connectivity index (χ3n) is 4.33. The van der Waals surface area contributed by atoms with E-state index in [-0.39, 0.29) is 18.1 Å². The lowest BCUT2D eigenvalue weighted by Gasteiger charge is -2.11. The molecule has 0 radical (unpaired) electrons. The van der Waals surface area contributed by atoms with Crippen LogP contribution >= 0.6 is 0 Å². The number of aryl methyl sites for hydroxylation is 1. The van der Waals surface area contributed by atoms with E-state index >= 15 is 0 Å². The summed E-state index contributed by atoms with van der Waals surface area (Å²) in [5, 5.41) is 4.32. The lowest BCUT2D eigenvalue weighted by molar-refractivity contribution is -0.137. The van der Waals surface area contributed by atoms with Crippen LogP contribution in [0.15, 0.2) is 53.3 Å². The average molecular weight is 403 g/mol. The van der Waals surface area contributed by atoms with Crippen LogP contribution < -0.4 is 4.74 Å². The van der Waals surface area contributed by atoms with Gasteiger partial charge in [-0.25, -0.2) is 14.4 Å². The molecule has 0 spiro atoms. The first kappa shape index (κ1) is 18.9. The van der Waals surface area contributed by atoms with Crippen molar-refractivity contribution >= 4 is 11.0 Å². The number of aromatic nitrogens is 3. The summed E-state index contributed by atoms with van der Waals surface area (Å²) in [6, 6.07) is 7.31. The molecule has 0 unspecified atom stereocenters. The zero-order valence-electron chi connectivity index (χ0n) is 15.0. The average Bonchev–Trinajstić information content (AvgIpc) is 3.07. The third-order valence-corrected chi connectivity index (χ3v) is 4.33. The van der Waals surface area contributed by atoms with E-state index in [1.54, 1.807) is 37.5 Å². The van der Waals surface area contributed by atoms with Gasteiger partial charge in [-0.05, 0) is 53.5 Å². The molecule has 29 heavy (non-hydrogen) atoms. The van der Waals surface area contributed by atoms with Crippen molar-refractivity contribution in [3.05, 3.63) is 71.6 Å². The first-order valence-electron chi connectivity index (χ1n) is 8.49. The van der Waals surface area contributed by atoms with Gasteiger partial charge in [-0.15, -0.1) is 0 Å². The second-order valence-electron chi connectivity index (χ2n) is 6.30. The molecule has 4 rings (SSSR count). The number of hydrogen-bond acceptors (Lipinski definition) is 5. The van der Waals surface area contributed by atoms with E-state index in [0.29, 0.717) is 34.0 Å². The van der Waals surface area contributed by atoms with E-state index < -0.39 is 17.6 Å². The van der Waals surface area contributed by atoms with Gasteiger partial charge in [0.2, 0.25) is 0 Å². The fraction of sp³-hybridized carbons (Fsp3) is 0.150. The van der Waals surface area contributed by atoms with Crippen LogP contribution in [0.4, 0.5) is 17.6 Å². The Morgan fingerprint density at radius 1 is 1.03 bits per heavy atom. The molecule has 0 fully saturated rings. The van der Waals surface area contributed by atoms with Crippen molar-refractivity contribution in [3.63, 3.8) is 0 Å². The predicted octanol–water partition coefficient (Wildman–Crippen LogP) is 5.33. The van der Waals surface area contributed by atoms with E-state index in [0.717, 1.165) is 12.1 Å². The van der Waals surface area contributed by atoms with Crippen molar-refractivity contribution in [3.8, 4) is 17.0 Å². The lowest BCUT2D eigenvalue weighted by atomic mass is 9.97. The first-order valence-corrected chi connectivity index (χ1v) is 8.49. The standard InChI is InChI=1S/C20H13F4N3O2/c1-11-7-17-15(19(27-29-17)28-10-18-25-5-2-6-26-18)9-14(11)13-4-3-12(8-16(13)21)20(22,23)24/h2-9H,10H2,1H3. The van der Waals surface area contributed by atoms with Crippen LogP contribution in [0.3, 0.4) is 0 Å². The molecule has 0 aliphatic rings.